The number of nitrogens with zero attached hydrogens (tertiary/aromatic N) is 1. The largest absolute Gasteiger partial charge is 0.469 e. The van der Waals surface area contributed by atoms with E-state index in [4.69, 9.17) is 4.74 Å². The summed E-state index contributed by atoms with van der Waals surface area (Å²) in [6, 6.07) is 5.03. The molecule has 1 rings (SSSR count). The molecule has 1 aromatic carbocycles. The van der Waals surface area contributed by atoms with E-state index in [1.54, 1.807) is 13.8 Å². The molecule has 0 aliphatic heterocycles. The minimum atomic E-state index is -0.662. The molecular weight excluding hydrogens is 266 g/mol. The molecule has 0 saturated heterocycles. The van der Waals surface area contributed by atoms with Gasteiger partial charge in [0.2, 0.25) is 0 Å². The Hall–Kier alpha value is -2.44. The molecular formula is C13H15NO6. The topological polar surface area (TPSA) is 95.7 Å². The van der Waals surface area contributed by atoms with Crippen LogP contribution in [0.25, 0.3) is 0 Å². The van der Waals surface area contributed by atoms with Crippen LogP contribution in [-0.4, -0.2) is 30.1 Å². The summed E-state index contributed by atoms with van der Waals surface area (Å²) >= 11 is 0. The molecule has 0 aliphatic rings. The normalized spacial score (nSPS) is 13.2. The predicted octanol–water partition coefficient (Wildman–Crippen LogP) is 1.95. The molecule has 7 nitrogen and oxygen atoms in total. The SMILES string of the molecule is COC(=O)C(C)C(C)OC(=O)c1ccc([N+](=O)[O-])cc1. The van der Waals surface area contributed by atoms with E-state index in [1.807, 2.05) is 0 Å². The minimum absolute atomic E-state index is 0.113. The van der Waals surface area contributed by atoms with Crippen LogP contribution in [0, 0.1) is 16.0 Å². The zero-order chi connectivity index (χ0) is 15.3. The van der Waals surface area contributed by atoms with Gasteiger partial charge in [-0.15, -0.1) is 0 Å². The van der Waals surface area contributed by atoms with Gasteiger partial charge in [0.15, 0.2) is 0 Å². The molecule has 108 valence electrons. The third kappa shape index (κ3) is 3.78. The molecule has 0 aliphatic carbocycles. The van der Waals surface area contributed by atoms with Gasteiger partial charge in [-0.1, -0.05) is 0 Å². The van der Waals surface area contributed by atoms with Crippen LogP contribution in [0.2, 0.25) is 0 Å². The number of rotatable bonds is 5. The highest BCUT2D eigenvalue weighted by Gasteiger charge is 2.24. The lowest BCUT2D eigenvalue weighted by Crippen LogP contribution is -2.29. The van der Waals surface area contributed by atoms with Gasteiger partial charge in [-0.05, 0) is 26.0 Å². The Morgan fingerprint density at radius 3 is 2.20 bits per heavy atom. The molecule has 0 fully saturated rings. The Morgan fingerprint density at radius 1 is 1.20 bits per heavy atom. The van der Waals surface area contributed by atoms with E-state index in [2.05, 4.69) is 4.74 Å². The fraction of sp³-hybridized carbons (Fsp3) is 0.385. The van der Waals surface area contributed by atoms with Gasteiger partial charge in [-0.25, -0.2) is 4.79 Å². The van der Waals surface area contributed by atoms with Crippen molar-refractivity contribution in [3.05, 3.63) is 39.9 Å². The van der Waals surface area contributed by atoms with Crippen LogP contribution in [0.5, 0.6) is 0 Å². The maximum absolute atomic E-state index is 11.8. The van der Waals surface area contributed by atoms with E-state index < -0.39 is 28.9 Å². The molecule has 0 N–H and O–H groups in total. The molecule has 0 heterocycles. The smallest absolute Gasteiger partial charge is 0.338 e. The van der Waals surface area contributed by atoms with Crippen molar-refractivity contribution in [2.45, 2.75) is 20.0 Å². The number of methoxy groups -OCH3 is 1. The zero-order valence-corrected chi connectivity index (χ0v) is 11.4. The van der Waals surface area contributed by atoms with E-state index in [9.17, 15) is 19.7 Å². The van der Waals surface area contributed by atoms with Crippen molar-refractivity contribution in [1.82, 2.24) is 0 Å². The first-order valence-corrected chi connectivity index (χ1v) is 5.90. The van der Waals surface area contributed by atoms with E-state index in [0.29, 0.717) is 0 Å². The second-order valence-corrected chi connectivity index (χ2v) is 4.23. The van der Waals surface area contributed by atoms with Gasteiger partial charge < -0.3 is 9.47 Å². The Balaban J connectivity index is 2.71. The lowest BCUT2D eigenvalue weighted by molar-refractivity contribution is -0.384. The van der Waals surface area contributed by atoms with E-state index in [0.717, 1.165) is 0 Å². The number of hydrogen-bond donors (Lipinski definition) is 0. The second-order valence-electron chi connectivity index (χ2n) is 4.23. The number of carbonyl (C=O) groups is 2. The summed E-state index contributed by atoms with van der Waals surface area (Å²) in [5.41, 5.74) is 0.0667. The third-order valence-corrected chi connectivity index (χ3v) is 2.88. The van der Waals surface area contributed by atoms with Gasteiger partial charge in [0.1, 0.15) is 6.10 Å². The number of hydrogen-bond acceptors (Lipinski definition) is 6. The van der Waals surface area contributed by atoms with Gasteiger partial charge in [0, 0.05) is 12.1 Å². The summed E-state index contributed by atoms with van der Waals surface area (Å²) in [4.78, 5) is 33.0. The molecule has 0 amide bonds. The molecule has 0 bridgehead atoms. The number of non-ortho nitro benzene ring substituents is 1. The molecule has 0 saturated carbocycles. The Morgan fingerprint density at radius 2 is 1.75 bits per heavy atom. The highest BCUT2D eigenvalue weighted by atomic mass is 16.6. The van der Waals surface area contributed by atoms with Crippen molar-refractivity contribution in [1.29, 1.82) is 0 Å². The van der Waals surface area contributed by atoms with Gasteiger partial charge in [0.25, 0.3) is 5.69 Å². The summed E-state index contributed by atoms with van der Waals surface area (Å²) in [7, 11) is 1.25. The monoisotopic (exact) mass is 281 g/mol. The summed E-state index contributed by atoms with van der Waals surface area (Å²) in [5.74, 6) is -1.72. The van der Waals surface area contributed by atoms with Crippen molar-refractivity contribution in [3.8, 4) is 0 Å². The Bertz CT molecular complexity index is 510. The molecule has 0 radical (unpaired) electrons. The standard InChI is InChI=1S/C13H15NO6/c1-8(12(15)19-3)9(2)20-13(16)10-4-6-11(7-5-10)14(17)18/h4-9H,1-3H3. The summed E-state index contributed by atoms with van der Waals surface area (Å²) < 4.78 is 9.67. The zero-order valence-electron chi connectivity index (χ0n) is 11.4. The van der Waals surface area contributed by atoms with Crippen molar-refractivity contribution in [2.24, 2.45) is 5.92 Å². The first kappa shape index (κ1) is 15.6. The average Bonchev–Trinajstić information content (AvgIpc) is 2.45. The summed E-state index contributed by atoms with van der Waals surface area (Å²) in [6.45, 7) is 3.16. The predicted molar refractivity (Wildman–Crippen MR) is 69.2 cm³/mol. The average molecular weight is 281 g/mol. The Labute approximate surface area is 115 Å². The number of nitro benzene ring substituents is 1. The molecule has 2 atom stereocenters. The fourth-order valence-corrected chi connectivity index (χ4v) is 1.44. The summed E-state index contributed by atoms with van der Waals surface area (Å²) in [5, 5.41) is 10.5. The number of carbonyl (C=O) groups excluding carboxylic acids is 2. The molecule has 0 aromatic heterocycles. The van der Waals surface area contributed by atoms with Gasteiger partial charge >= 0.3 is 11.9 Å². The third-order valence-electron chi connectivity index (χ3n) is 2.88. The second kappa shape index (κ2) is 6.65. The van der Waals surface area contributed by atoms with Crippen LogP contribution in [0.3, 0.4) is 0 Å². The quantitative estimate of drug-likeness (QED) is 0.465. The van der Waals surface area contributed by atoms with Gasteiger partial charge in [0.05, 0.1) is 23.5 Å². The highest BCUT2D eigenvalue weighted by Crippen LogP contribution is 2.15. The Kier molecular flexibility index (Phi) is 5.19. The number of nitro groups is 1. The molecule has 1 aromatic rings. The lowest BCUT2D eigenvalue weighted by atomic mass is 10.1. The van der Waals surface area contributed by atoms with Crippen LogP contribution in [-0.2, 0) is 14.3 Å². The maximum atomic E-state index is 11.8. The van der Waals surface area contributed by atoms with Crippen LogP contribution in [0.4, 0.5) is 5.69 Å². The maximum Gasteiger partial charge on any atom is 0.338 e. The number of esters is 2. The van der Waals surface area contributed by atoms with Crippen LogP contribution in [0.15, 0.2) is 24.3 Å². The van der Waals surface area contributed by atoms with E-state index >= 15 is 0 Å². The van der Waals surface area contributed by atoms with Crippen LogP contribution >= 0.6 is 0 Å². The molecule has 20 heavy (non-hydrogen) atoms. The van der Waals surface area contributed by atoms with Crippen molar-refractivity contribution >= 4 is 17.6 Å². The first-order valence-electron chi connectivity index (χ1n) is 5.90. The molecule has 0 spiro atoms. The van der Waals surface area contributed by atoms with Crippen molar-refractivity contribution in [3.63, 3.8) is 0 Å². The molecule has 7 heteroatoms. The minimum Gasteiger partial charge on any atom is -0.469 e. The van der Waals surface area contributed by atoms with E-state index in [1.165, 1.54) is 31.4 Å². The lowest BCUT2D eigenvalue weighted by Gasteiger charge is -2.18. The van der Waals surface area contributed by atoms with Crippen molar-refractivity contribution in [2.75, 3.05) is 7.11 Å². The first-order chi connectivity index (χ1) is 9.36. The fourth-order valence-electron chi connectivity index (χ4n) is 1.44. The van der Waals surface area contributed by atoms with Gasteiger partial charge in [-0.3, -0.25) is 14.9 Å². The van der Waals surface area contributed by atoms with Crippen LogP contribution < -0.4 is 0 Å². The number of ether oxygens (including phenoxy) is 2. The number of benzene rings is 1. The van der Waals surface area contributed by atoms with Gasteiger partial charge in [-0.2, -0.15) is 0 Å². The van der Waals surface area contributed by atoms with Crippen LogP contribution in [0.1, 0.15) is 24.2 Å². The van der Waals surface area contributed by atoms with Crippen molar-refractivity contribution < 1.29 is 24.0 Å². The highest BCUT2D eigenvalue weighted by molar-refractivity contribution is 5.90. The van der Waals surface area contributed by atoms with E-state index in [-0.39, 0.29) is 11.3 Å². The molecule has 2 unspecified atom stereocenters. The summed E-state index contributed by atoms with van der Waals surface area (Å²) in [6.07, 6.45) is -0.662.